The molecule has 0 aromatic rings. The van der Waals surface area contributed by atoms with Crippen molar-refractivity contribution in [2.45, 2.75) is 27.7 Å². The fourth-order valence-electron chi connectivity index (χ4n) is 1.28. The van der Waals surface area contributed by atoms with Crippen molar-refractivity contribution in [3.05, 3.63) is 24.4 Å². The summed E-state index contributed by atoms with van der Waals surface area (Å²) >= 11 is 0. The van der Waals surface area contributed by atoms with E-state index in [2.05, 4.69) is 11.9 Å². The quantitative estimate of drug-likeness (QED) is 0.438. The van der Waals surface area contributed by atoms with Gasteiger partial charge in [0, 0.05) is 24.6 Å². The van der Waals surface area contributed by atoms with Crippen LogP contribution in [-0.2, 0) is 14.3 Å². The molecule has 4 heteroatoms. The molecular formula is C13H21NO3. The summed E-state index contributed by atoms with van der Waals surface area (Å²) in [7, 11) is 0. The van der Waals surface area contributed by atoms with E-state index in [1.54, 1.807) is 13.0 Å². The molecule has 0 saturated carbocycles. The van der Waals surface area contributed by atoms with Crippen LogP contribution >= 0.6 is 0 Å². The normalized spacial score (nSPS) is 14.7. The van der Waals surface area contributed by atoms with Crippen LogP contribution in [0.15, 0.2) is 24.4 Å². The molecule has 0 aromatic carbocycles. The van der Waals surface area contributed by atoms with Crippen LogP contribution in [0.2, 0.25) is 0 Å². The number of nitrogens with one attached hydrogen (secondary N) is 1. The molecule has 2 atom stereocenters. The van der Waals surface area contributed by atoms with Crippen molar-refractivity contribution in [3.63, 3.8) is 0 Å². The second-order valence-electron chi connectivity index (χ2n) is 3.92. The Morgan fingerprint density at radius 1 is 1.41 bits per heavy atom. The molecule has 1 amide bonds. The van der Waals surface area contributed by atoms with Crippen molar-refractivity contribution in [1.29, 1.82) is 0 Å². The largest absolute Gasteiger partial charge is 0.463 e. The van der Waals surface area contributed by atoms with Crippen LogP contribution in [0.5, 0.6) is 0 Å². The lowest BCUT2D eigenvalue weighted by atomic mass is 9.92. The van der Waals surface area contributed by atoms with Crippen molar-refractivity contribution in [3.8, 4) is 0 Å². The Kier molecular flexibility index (Phi) is 6.94. The molecule has 0 radical (unpaired) electrons. The topological polar surface area (TPSA) is 55.4 Å². The zero-order chi connectivity index (χ0) is 13.4. The Hall–Kier alpha value is -1.58. The molecule has 4 nitrogen and oxygen atoms in total. The number of esters is 1. The highest BCUT2D eigenvalue weighted by Crippen LogP contribution is 2.19. The maximum Gasteiger partial charge on any atom is 0.332 e. The lowest BCUT2D eigenvalue weighted by Crippen LogP contribution is -2.27. The van der Waals surface area contributed by atoms with E-state index in [1.807, 2.05) is 13.8 Å². The predicted molar refractivity (Wildman–Crippen MR) is 67.1 cm³/mol. The van der Waals surface area contributed by atoms with Crippen LogP contribution in [0.4, 0.5) is 0 Å². The fraction of sp³-hybridized carbons (Fsp3) is 0.538. The van der Waals surface area contributed by atoms with Gasteiger partial charge in [0.15, 0.2) is 0 Å². The number of hydrogen-bond donors (Lipinski definition) is 1. The molecule has 0 aromatic heterocycles. The highest BCUT2D eigenvalue weighted by molar-refractivity contribution is 5.84. The molecule has 0 bridgehead atoms. The maximum atomic E-state index is 11.4. The van der Waals surface area contributed by atoms with Crippen LogP contribution in [0, 0.1) is 11.8 Å². The van der Waals surface area contributed by atoms with Gasteiger partial charge in [-0.2, -0.15) is 0 Å². The van der Waals surface area contributed by atoms with Gasteiger partial charge in [0.1, 0.15) is 0 Å². The van der Waals surface area contributed by atoms with Gasteiger partial charge < -0.3 is 10.1 Å². The second-order valence-corrected chi connectivity index (χ2v) is 3.92. The van der Waals surface area contributed by atoms with Gasteiger partial charge in [0.05, 0.1) is 6.61 Å². The standard InChI is InChI=1S/C13H21NO3/c1-6-9(3)10(4)12(14-11(5)15)8-13(16)17-7-2/h6,8-10H,1,7H2,2-5H3,(H,14,15). The molecule has 0 saturated heterocycles. The van der Waals surface area contributed by atoms with E-state index in [1.165, 1.54) is 13.0 Å². The van der Waals surface area contributed by atoms with E-state index in [0.717, 1.165) is 0 Å². The first-order valence-electron chi connectivity index (χ1n) is 5.70. The Balaban J connectivity index is 4.91. The highest BCUT2D eigenvalue weighted by atomic mass is 16.5. The van der Waals surface area contributed by atoms with E-state index >= 15 is 0 Å². The summed E-state index contributed by atoms with van der Waals surface area (Å²) in [5.74, 6) is -0.494. The first-order valence-corrected chi connectivity index (χ1v) is 5.70. The number of hydrogen-bond acceptors (Lipinski definition) is 3. The van der Waals surface area contributed by atoms with Gasteiger partial charge in [-0.05, 0) is 12.8 Å². The summed E-state index contributed by atoms with van der Waals surface area (Å²) in [6.07, 6.45) is 3.11. The SMILES string of the molecule is C=CC(C)C(C)C(=CC(=O)OCC)NC(C)=O. The van der Waals surface area contributed by atoms with E-state index in [0.29, 0.717) is 12.3 Å². The van der Waals surface area contributed by atoms with Crippen molar-refractivity contribution in [2.75, 3.05) is 6.61 Å². The van der Waals surface area contributed by atoms with Crippen molar-refractivity contribution < 1.29 is 14.3 Å². The summed E-state index contributed by atoms with van der Waals surface area (Å²) in [4.78, 5) is 22.5. The average molecular weight is 239 g/mol. The molecule has 0 rings (SSSR count). The van der Waals surface area contributed by atoms with Gasteiger partial charge in [-0.1, -0.05) is 19.9 Å². The Labute approximate surface area is 103 Å². The molecule has 17 heavy (non-hydrogen) atoms. The highest BCUT2D eigenvalue weighted by Gasteiger charge is 2.16. The minimum Gasteiger partial charge on any atom is -0.463 e. The number of carbonyl (C=O) groups is 2. The zero-order valence-corrected chi connectivity index (χ0v) is 10.9. The third-order valence-corrected chi connectivity index (χ3v) is 2.53. The number of ether oxygens (including phenoxy) is 1. The summed E-state index contributed by atoms with van der Waals surface area (Å²) < 4.78 is 4.83. The summed E-state index contributed by atoms with van der Waals surface area (Å²) in [5, 5.41) is 2.66. The smallest absolute Gasteiger partial charge is 0.332 e. The number of allylic oxidation sites excluding steroid dienone is 2. The van der Waals surface area contributed by atoms with Crippen LogP contribution in [-0.4, -0.2) is 18.5 Å². The second kappa shape index (κ2) is 7.65. The minimum atomic E-state index is -0.445. The van der Waals surface area contributed by atoms with Crippen molar-refractivity contribution in [2.24, 2.45) is 11.8 Å². The third-order valence-electron chi connectivity index (χ3n) is 2.53. The summed E-state index contributed by atoms with van der Waals surface area (Å²) in [6, 6.07) is 0. The van der Waals surface area contributed by atoms with Gasteiger partial charge in [-0.3, -0.25) is 4.79 Å². The van der Waals surface area contributed by atoms with Crippen LogP contribution in [0.25, 0.3) is 0 Å². The van der Waals surface area contributed by atoms with Gasteiger partial charge in [-0.15, -0.1) is 6.58 Å². The molecule has 0 aliphatic carbocycles. The Morgan fingerprint density at radius 3 is 2.41 bits per heavy atom. The minimum absolute atomic E-state index is 0.000746. The monoisotopic (exact) mass is 239 g/mol. The van der Waals surface area contributed by atoms with Crippen LogP contribution in [0.1, 0.15) is 27.7 Å². The molecule has 0 heterocycles. The Morgan fingerprint density at radius 2 is 2.00 bits per heavy atom. The van der Waals surface area contributed by atoms with Crippen LogP contribution in [0.3, 0.4) is 0 Å². The molecule has 1 N–H and O–H groups in total. The van der Waals surface area contributed by atoms with E-state index < -0.39 is 5.97 Å². The molecule has 0 aliphatic rings. The number of amides is 1. The van der Waals surface area contributed by atoms with Crippen molar-refractivity contribution in [1.82, 2.24) is 5.32 Å². The molecule has 0 spiro atoms. The van der Waals surface area contributed by atoms with Crippen molar-refractivity contribution >= 4 is 11.9 Å². The van der Waals surface area contributed by atoms with E-state index in [4.69, 9.17) is 4.74 Å². The summed E-state index contributed by atoms with van der Waals surface area (Å²) in [6.45, 7) is 11.1. The molecule has 0 fully saturated rings. The third kappa shape index (κ3) is 5.90. The summed E-state index contributed by atoms with van der Waals surface area (Å²) in [5.41, 5.74) is 0.559. The predicted octanol–water partition coefficient (Wildman–Crippen LogP) is 2.03. The van der Waals surface area contributed by atoms with Gasteiger partial charge in [0.2, 0.25) is 5.91 Å². The number of carbonyl (C=O) groups excluding carboxylic acids is 2. The van der Waals surface area contributed by atoms with E-state index in [9.17, 15) is 9.59 Å². The lowest BCUT2D eigenvalue weighted by molar-refractivity contribution is -0.137. The van der Waals surface area contributed by atoms with Gasteiger partial charge in [-0.25, -0.2) is 4.79 Å². The lowest BCUT2D eigenvalue weighted by Gasteiger charge is -2.20. The van der Waals surface area contributed by atoms with E-state index in [-0.39, 0.29) is 17.7 Å². The molecule has 96 valence electrons. The molecule has 0 aliphatic heterocycles. The Bertz CT molecular complexity index is 321. The van der Waals surface area contributed by atoms with Crippen LogP contribution < -0.4 is 5.32 Å². The first-order chi connectivity index (χ1) is 7.92. The molecule has 2 unspecified atom stereocenters. The zero-order valence-electron chi connectivity index (χ0n) is 10.9. The fourth-order valence-corrected chi connectivity index (χ4v) is 1.28. The van der Waals surface area contributed by atoms with Gasteiger partial charge >= 0.3 is 5.97 Å². The van der Waals surface area contributed by atoms with Gasteiger partial charge in [0.25, 0.3) is 0 Å². The first kappa shape index (κ1) is 15.4. The maximum absolute atomic E-state index is 11.4. The number of rotatable bonds is 6. The molecular weight excluding hydrogens is 218 g/mol. The average Bonchev–Trinajstić information content (AvgIpc) is 2.25.